The summed E-state index contributed by atoms with van der Waals surface area (Å²) >= 11 is 0. The highest BCUT2D eigenvalue weighted by atomic mass is 32.2. The normalized spacial score (nSPS) is 18.0. The van der Waals surface area contributed by atoms with E-state index in [1.54, 1.807) is 35.2 Å². The summed E-state index contributed by atoms with van der Waals surface area (Å²) in [5.74, 6) is 0. The van der Waals surface area contributed by atoms with Crippen molar-refractivity contribution >= 4 is 15.9 Å². The van der Waals surface area contributed by atoms with E-state index in [1.807, 2.05) is 20.8 Å². The highest BCUT2D eigenvalue weighted by Gasteiger charge is 2.26. The van der Waals surface area contributed by atoms with Crippen molar-refractivity contribution in [3.8, 4) is 0 Å². The molecule has 0 spiro atoms. The number of piperidine rings is 1. The molecule has 1 aliphatic heterocycles. The average Bonchev–Trinajstić information content (AvgIpc) is 2.46. The van der Waals surface area contributed by atoms with Crippen molar-refractivity contribution in [2.24, 2.45) is 0 Å². The summed E-state index contributed by atoms with van der Waals surface area (Å²) < 4.78 is 30.1. The minimum Gasteiger partial charge on any atom is -0.444 e. The van der Waals surface area contributed by atoms with Crippen LogP contribution in [-0.2, 0) is 14.6 Å². The zero-order chi connectivity index (χ0) is 17.1. The van der Waals surface area contributed by atoms with Gasteiger partial charge in [0, 0.05) is 18.5 Å². The summed E-state index contributed by atoms with van der Waals surface area (Å²) in [5.41, 5.74) is 0.167. The van der Waals surface area contributed by atoms with Gasteiger partial charge in [-0.05, 0) is 51.3 Å². The van der Waals surface area contributed by atoms with E-state index in [-0.39, 0.29) is 4.90 Å². The Hall–Kier alpha value is -1.82. The molecule has 1 amide bonds. The molecule has 1 aliphatic rings. The quantitative estimate of drug-likeness (QED) is 0.830. The lowest BCUT2D eigenvalue weighted by Crippen LogP contribution is -2.40. The molecular formula is C17H23NO4S. The van der Waals surface area contributed by atoms with E-state index in [1.165, 1.54) is 5.41 Å². The van der Waals surface area contributed by atoms with E-state index in [0.717, 1.165) is 12.0 Å². The number of ether oxygens (including phenoxy) is 1. The summed E-state index contributed by atoms with van der Waals surface area (Å²) in [5, 5.41) is 1.29. The van der Waals surface area contributed by atoms with Crippen LogP contribution in [-0.4, -0.2) is 38.1 Å². The first kappa shape index (κ1) is 17.5. The second kappa shape index (κ2) is 6.74. The molecular weight excluding hydrogens is 314 g/mol. The summed E-state index contributed by atoms with van der Waals surface area (Å²) in [7, 11) is -3.48. The van der Waals surface area contributed by atoms with Gasteiger partial charge in [-0.25, -0.2) is 13.2 Å². The van der Waals surface area contributed by atoms with Gasteiger partial charge in [-0.3, -0.25) is 0 Å². The molecule has 6 heteroatoms. The molecule has 1 saturated heterocycles. The van der Waals surface area contributed by atoms with Crippen molar-refractivity contribution in [3.05, 3.63) is 41.3 Å². The molecule has 0 bridgehead atoms. The molecule has 126 valence electrons. The van der Waals surface area contributed by atoms with Crippen LogP contribution in [0.15, 0.2) is 46.2 Å². The average molecular weight is 337 g/mol. The van der Waals surface area contributed by atoms with E-state index in [9.17, 15) is 13.2 Å². The van der Waals surface area contributed by atoms with E-state index < -0.39 is 21.5 Å². The summed E-state index contributed by atoms with van der Waals surface area (Å²) in [6.07, 6.45) is 1.00. The Bertz CT molecular complexity index is 687. The molecule has 0 aromatic heterocycles. The third-order valence-corrected chi connectivity index (χ3v) is 4.94. The van der Waals surface area contributed by atoms with Crippen LogP contribution < -0.4 is 0 Å². The van der Waals surface area contributed by atoms with E-state index in [2.05, 4.69) is 0 Å². The van der Waals surface area contributed by atoms with Crippen molar-refractivity contribution in [1.29, 1.82) is 0 Å². The standard InChI is InChI=1S/C17H23NO4S/c1-17(2,3)22-16(19)18-11-7-8-14(12-18)13-23(20,21)15-9-5-4-6-10-15/h4-6,9-10,13H,7-8,11-12H2,1-3H3/b14-13+. The molecule has 2 rings (SSSR count). The fourth-order valence-corrected chi connectivity index (χ4v) is 3.68. The maximum Gasteiger partial charge on any atom is 0.410 e. The highest BCUT2D eigenvalue weighted by molar-refractivity contribution is 7.94. The Balaban J connectivity index is 2.13. The fourth-order valence-electron chi connectivity index (χ4n) is 2.38. The Kier molecular flexibility index (Phi) is 5.14. The molecule has 1 aromatic rings. The van der Waals surface area contributed by atoms with Crippen molar-refractivity contribution in [2.45, 2.75) is 44.1 Å². The van der Waals surface area contributed by atoms with Gasteiger partial charge in [-0.2, -0.15) is 0 Å². The van der Waals surface area contributed by atoms with E-state index in [0.29, 0.717) is 19.5 Å². The molecule has 1 fully saturated rings. The van der Waals surface area contributed by atoms with Gasteiger partial charge in [0.1, 0.15) is 5.60 Å². The summed E-state index contributed by atoms with van der Waals surface area (Å²) in [4.78, 5) is 13.9. The zero-order valence-electron chi connectivity index (χ0n) is 13.8. The molecule has 1 aromatic carbocycles. The van der Waals surface area contributed by atoms with Crippen molar-refractivity contribution in [1.82, 2.24) is 4.90 Å². The maximum atomic E-state index is 12.4. The van der Waals surface area contributed by atoms with Gasteiger partial charge in [0.15, 0.2) is 9.84 Å². The topological polar surface area (TPSA) is 63.7 Å². The molecule has 5 nitrogen and oxygen atoms in total. The lowest BCUT2D eigenvalue weighted by atomic mass is 10.1. The highest BCUT2D eigenvalue weighted by Crippen LogP contribution is 2.22. The first-order chi connectivity index (χ1) is 10.7. The van der Waals surface area contributed by atoms with Crippen LogP contribution in [0.2, 0.25) is 0 Å². The molecule has 0 N–H and O–H groups in total. The van der Waals surface area contributed by atoms with Gasteiger partial charge in [0.05, 0.1) is 4.90 Å². The van der Waals surface area contributed by atoms with Crippen LogP contribution in [0.3, 0.4) is 0 Å². The monoisotopic (exact) mass is 337 g/mol. The predicted molar refractivity (Wildman–Crippen MR) is 88.8 cm³/mol. The Labute approximate surface area is 137 Å². The predicted octanol–water partition coefficient (Wildman–Crippen LogP) is 3.38. The second-order valence-electron chi connectivity index (χ2n) is 6.64. The van der Waals surface area contributed by atoms with Crippen LogP contribution >= 0.6 is 0 Å². The smallest absolute Gasteiger partial charge is 0.410 e. The van der Waals surface area contributed by atoms with Crippen molar-refractivity contribution in [2.75, 3.05) is 13.1 Å². The summed E-state index contributed by atoms with van der Waals surface area (Å²) in [6.45, 7) is 6.31. The van der Waals surface area contributed by atoms with Gasteiger partial charge in [-0.1, -0.05) is 18.2 Å². The number of likely N-dealkylation sites (tertiary alicyclic amines) is 1. The second-order valence-corrected chi connectivity index (χ2v) is 8.44. The van der Waals surface area contributed by atoms with E-state index in [4.69, 9.17) is 4.74 Å². The first-order valence-corrected chi connectivity index (χ1v) is 9.19. The van der Waals surface area contributed by atoms with E-state index >= 15 is 0 Å². The minimum absolute atomic E-state index is 0.266. The molecule has 0 saturated carbocycles. The van der Waals surface area contributed by atoms with Gasteiger partial charge in [-0.15, -0.1) is 0 Å². The number of carbonyl (C=O) groups excluding carboxylic acids is 1. The molecule has 1 heterocycles. The fraction of sp³-hybridized carbons (Fsp3) is 0.471. The number of hydrogen-bond donors (Lipinski definition) is 0. The van der Waals surface area contributed by atoms with Gasteiger partial charge in [0.25, 0.3) is 0 Å². The number of nitrogens with zero attached hydrogens (tertiary/aromatic N) is 1. The van der Waals surface area contributed by atoms with Gasteiger partial charge in [0.2, 0.25) is 0 Å². The lowest BCUT2D eigenvalue weighted by Gasteiger charge is -2.31. The number of benzene rings is 1. The molecule has 0 unspecified atom stereocenters. The van der Waals surface area contributed by atoms with Crippen molar-refractivity contribution < 1.29 is 17.9 Å². The Morgan fingerprint density at radius 1 is 1.22 bits per heavy atom. The third-order valence-electron chi connectivity index (χ3n) is 3.37. The van der Waals surface area contributed by atoms with Crippen LogP contribution in [0.25, 0.3) is 0 Å². The molecule has 23 heavy (non-hydrogen) atoms. The lowest BCUT2D eigenvalue weighted by molar-refractivity contribution is 0.0247. The number of amides is 1. The van der Waals surface area contributed by atoms with Crippen LogP contribution in [0.5, 0.6) is 0 Å². The SMILES string of the molecule is CC(C)(C)OC(=O)N1CCC/C(=C\S(=O)(=O)c2ccccc2)C1. The zero-order valence-corrected chi connectivity index (χ0v) is 14.6. The van der Waals surface area contributed by atoms with Gasteiger partial charge < -0.3 is 9.64 Å². The largest absolute Gasteiger partial charge is 0.444 e. The molecule has 0 aliphatic carbocycles. The third kappa shape index (κ3) is 5.10. The number of carbonyl (C=O) groups is 1. The molecule has 0 atom stereocenters. The maximum absolute atomic E-state index is 12.4. The first-order valence-electron chi connectivity index (χ1n) is 7.65. The van der Waals surface area contributed by atoms with Crippen LogP contribution in [0.1, 0.15) is 33.6 Å². The molecule has 0 radical (unpaired) electrons. The summed E-state index contributed by atoms with van der Waals surface area (Å²) in [6, 6.07) is 8.30. The number of sulfone groups is 1. The van der Waals surface area contributed by atoms with Crippen LogP contribution in [0, 0.1) is 0 Å². The minimum atomic E-state index is -3.48. The van der Waals surface area contributed by atoms with Crippen molar-refractivity contribution in [3.63, 3.8) is 0 Å². The van der Waals surface area contributed by atoms with Gasteiger partial charge >= 0.3 is 6.09 Å². The van der Waals surface area contributed by atoms with Crippen LogP contribution in [0.4, 0.5) is 4.79 Å². The number of hydrogen-bond acceptors (Lipinski definition) is 4. The number of rotatable bonds is 2. The Morgan fingerprint density at radius 2 is 1.87 bits per heavy atom. The Morgan fingerprint density at radius 3 is 2.48 bits per heavy atom.